The summed E-state index contributed by atoms with van der Waals surface area (Å²) in [6, 6.07) is 6.20. The van der Waals surface area contributed by atoms with Crippen LogP contribution in [0.25, 0.3) is 11.4 Å². The average Bonchev–Trinajstić information content (AvgIpc) is 2.75. The topological polar surface area (TPSA) is 64.9 Å². The minimum atomic E-state index is -0.315. The molecular weight excluding hydrogens is 221 g/mol. The Balaban J connectivity index is 2.12. The normalized spacial score (nSPS) is 12.6. The number of aryl methyl sites for hydroxylation is 1. The van der Waals surface area contributed by atoms with Gasteiger partial charge in [-0.05, 0) is 25.5 Å². The minimum absolute atomic E-state index is 0.0968. The van der Waals surface area contributed by atoms with Crippen LogP contribution in [0.4, 0.5) is 4.39 Å². The molecule has 0 aliphatic carbocycles. The molecule has 2 rings (SSSR count). The number of hydrogen-bond donors (Lipinski definition) is 1. The Kier molecular flexibility index (Phi) is 3.49. The van der Waals surface area contributed by atoms with E-state index in [0.717, 1.165) is 6.42 Å². The van der Waals surface area contributed by atoms with Crippen molar-refractivity contribution in [3.8, 4) is 11.4 Å². The summed E-state index contributed by atoms with van der Waals surface area (Å²) in [5.74, 6) is 0.621. The zero-order valence-corrected chi connectivity index (χ0v) is 9.56. The van der Waals surface area contributed by atoms with Crippen LogP contribution in [-0.4, -0.2) is 16.2 Å². The molecule has 1 aromatic carbocycles. The highest BCUT2D eigenvalue weighted by Gasteiger charge is 2.09. The van der Waals surface area contributed by atoms with Gasteiger partial charge in [-0.2, -0.15) is 4.98 Å². The van der Waals surface area contributed by atoms with Gasteiger partial charge in [-0.15, -0.1) is 0 Å². The Hall–Kier alpha value is -1.75. The molecule has 0 aliphatic rings. The fourth-order valence-corrected chi connectivity index (χ4v) is 1.45. The van der Waals surface area contributed by atoms with Crippen molar-refractivity contribution in [3.63, 3.8) is 0 Å². The molecule has 1 atom stereocenters. The van der Waals surface area contributed by atoms with Crippen molar-refractivity contribution in [2.45, 2.75) is 25.8 Å². The maximum atomic E-state index is 13.0. The molecule has 0 saturated heterocycles. The van der Waals surface area contributed by atoms with Gasteiger partial charge in [0, 0.05) is 18.0 Å². The molecule has 1 heterocycles. The van der Waals surface area contributed by atoms with Crippen LogP contribution >= 0.6 is 0 Å². The number of benzene rings is 1. The van der Waals surface area contributed by atoms with E-state index < -0.39 is 0 Å². The first-order chi connectivity index (χ1) is 8.15. The standard InChI is InChI=1S/C12H14FN3O/c1-8(14)5-6-11-15-12(16-17-11)9-3-2-4-10(13)7-9/h2-4,7-8H,5-6,14H2,1H3. The largest absolute Gasteiger partial charge is 0.339 e. The highest BCUT2D eigenvalue weighted by molar-refractivity contribution is 5.53. The van der Waals surface area contributed by atoms with Gasteiger partial charge in [-0.25, -0.2) is 4.39 Å². The predicted molar refractivity (Wildman–Crippen MR) is 61.7 cm³/mol. The quantitative estimate of drug-likeness (QED) is 0.881. The highest BCUT2D eigenvalue weighted by atomic mass is 19.1. The fourth-order valence-electron chi connectivity index (χ4n) is 1.45. The molecular formula is C12H14FN3O. The van der Waals surface area contributed by atoms with Crippen molar-refractivity contribution in [2.24, 2.45) is 5.73 Å². The van der Waals surface area contributed by atoms with Crippen LogP contribution in [0.1, 0.15) is 19.2 Å². The van der Waals surface area contributed by atoms with Crippen LogP contribution in [0.5, 0.6) is 0 Å². The van der Waals surface area contributed by atoms with Gasteiger partial charge in [0.25, 0.3) is 0 Å². The van der Waals surface area contributed by atoms with Crippen LogP contribution in [-0.2, 0) is 6.42 Å². The highest BCUT2D eigenvalue weighted by Crippen LogP contribution is 2.17. The number of halogens is 1. The number of nitrogens with two attached hydrogens (primary N) is 1. The Bertz CT molecular complexity index is 496. The van der Waals surface area contributed by atoms with Crippen molar-refractivity contribution < 1.29 is 8.91 Å². The summed E-state index contributed by atoms with van der Waals surface area (Å²) in [6.45, 7) is 1.92. The van der Waals surface area contributed by atoms with Gasteiger partial charge < -0.3 is 10.3 Å². The smallest absolute Gasteiger partial charge is 0.227 e. The molecule has 17 heavy (non-hydrogen) atoms. The predicted octanol–water partition coefficient (Wildman–Crippen LogP) is 2.16. The third-order valence-electron chi connectivity index (χ3n) is 2.36. The minimum Gasteiger partial charge on any atom is -0.339 e. The van der Waals surface area contributed by atoms with E-state index in [4.69, 9.17) is 10.3 Å². The zero-order valence-electron chi connectivity index (χ0n) is 9.56. The van der Waals surface area contributed by atoms with Crippen LogP contribution < -0.4 is 5.73 Å². The summed E-state index contributed by atoms with van der Waals surface area (Å²) in [5, 5.41) is 3.81. The van der Waals surface area contributed by atoms with Crippen molar-refractivity contribution >= 4 is 0 Å². The SMILES string of the molecule is CC(N)CCc1nc(-c2cccc(F)c2)no1. The summed E-state index contributed by atoms with van der Waals surface area (Å²) >= 11 is 0. The average molecular weight is 235 g/mol. The molecule has 5 heteroatoms. The van der Waals surface area contributed by atoms with Crippen LogP contribution in [0.3, 0.4) is 0 Å². The van der Waals surface area contributed by atoms with E-state index in [-0.39, 0.29) is 11.9 Å². The van der Waals surface area contributed by atoms with E-state index in [0.29, 0.717) is 23.7 Å². The maximum absolute atomic E-state index is 13.0. The zero-order chi connectivity index (χ0) is 12.3. The molecule has 0 bridgehead atoms. The molecule has 0 amide bonds. The first kappa shape index (κ1) is 11.7. The second kappa shape index (κ2) is 5.05. The summed E-state index contributed by atoms with van der Waals surface area (Å²) in [4.78, 5) is 4.19. The molecule has 1 unspecified atom stereocenters. The van der Waals surface area contributed by atoms with Gasteiger partial charge in [-0.3, -0.25) is 0 Å². The molecule has 1 aromatic heterocycles. The second-order valence-corrected chi connectivity index (χ2v) is 4.04. The van der Waals surface area contributed by atoms with Crippen LogP contribution in [0.2, 0.25) is 0 Å². The summed E-state index contributed by atoms with van der Waals surface area (Å²) in [6.07, 6.45) is 1.42. The Morgan fingerprint density at radius 1 is 1.47 bits per heavy atom. The summed E-state index contributed by atoms with van der Waals surface area (Å²) in [7, 11) is 0. The van der Waals surface area contributed by atoms with Crippen molar-refractivity contribution in [2.75, 3.05) is 0 Å². The number of rotatable bonds is 4. The third-order valence-corrected chi connectivity index (χ3v) is 2.36. The lowest BCUT2D eigenvalue weighted by molar-refractivity contribution is 0.372. The first-order valence-electron chi connectivity index (χ1n) is 5.49. The van der Waals surface area contributed by atoms with E-state index in [1.165, 1.54) is 12.1 Å². The summed E-state index contributed by atoms with van der Waals surface area (Å²) in [5.41, 5.74) is 6.25. The van der Waals surface area contributed by atoms with Gasteiger partial charge in [0.1, 0.15) is 5.82 Å². The van der Waals surface area contributed by atoms with Crippen LogP contribution in [0.15, 0.2) is 28.8 Å². The maximum Gasteiger partial charge on any atom is 0.227 e. The van der Waals surface area contributed by atoms with Gasteiger partial charge in [0.2, 0.25) is 11.7 Å². The van der Waals surface area contributed by atoms with E-state index in [1.54, 1.807) is 12.1 Å². The lowest BCUT2D eigenvalue weighted by Gasteiger charge is -1.99. The monoisotopic (exact) mass is 235 g/mol. The van der Waals surface area contributed by atoms with E-state index >= 15 is 0 Å². The molecule has 4 nitrogen and oxygen atoms in total. The number of nitrogens with zero attached hydrogens (tertiary/aromatic N) is 2. The molecule has 2 aromatic rings. The Morgan fingerprint density at radius 2 is 2.29 bits per heavy atom. The molecule has 0 saturated carbocycles. The number of hydrogen-bond acceptors (Lipinski definition) is 4. The van der Waals surface area contributed by atoms with Crippen LogP contribution in [0, 0.1) is 5.82 Å². The van der Waals surface area contributed by atoms with Crippen molar-refractivity contribution in [1.82, 2.24) is 10.1 Å². The van der Waals surface area contributed by atoms with Gasteiger partial charge >= 0.3 is 0 Å². The molecule has 0 spiro atoms. The number of aromatic nitrogens is 2. The van der Waals surface area contributed by atoms with Gasteiger partial charge in [0.05, 0.1) is 0 Å². The molecule has 0 radical (unpaired) electrons. The lowest BCUT2D eigenvalue weighted by Crippen LogP contribution is -2.15. The van der Waals surface area contributed by atoms with Gasteiger partial charge in [-0.1, -0.05) is 17.3 Å². The van der Waals surface area contributed by atoms with Gasteiger partial charge in [0.15, 0.2) is 0 Å². The molecule has 0 fully saturated rings. The molecule has 90 valence electrons. The molecule has 0 aliphatic heterocycles. The second-order valence-electron chi connectivity index (χ2n) is 4.04. The first-order valence-corrected chi connectivity index (χ1v) is 5.49. The third kappa shape index (κ3) is 3.10. The lowest BCUT2D eigenvalue weighted by atomic mass is 10.2. The Labute approximate surface area is 98.6 Å². The summed E-state index contributed by atoms with van der Waals surface area (Å²) < 4.78 is 18.1. The van der Waals surface area contributed by atoms with E-state index in [2.05, 4.69) is 10.1 Å². The van der Waals surface area contributed by atoms with Crippen molar-refractivity contribution in [1.29, 1.82) is 0 Å². The van der Waals surface area contributed by atoms with E-state index in [1.807, 2.05) is 6.92 Å². The Morgan fingerprint density at radius 3 is 3.00 bits per heavy atom. The molecule has 2 N–H and O–H groups in total. The van der Waals surface area contributed by atoms with Crippen molar-refractivity contribution in [3.05, 3.63) is 36.0 Å². The van der Waals surface area contributed by atoms with E-state index in [9.17, 15) is 4.39 Å². The fraction of sp³-hybridized carbons (Fsp3) is 0.333.